The van der Waals surface area contributed by atoms with Crippen molar-refractivity contribution in [3.63, 3.8) is 0 Å². The third-order valence-corrected chi connectivity index (χ3v) is 3.85. The topological polar surface area (TPSA) is 33.1 Å². The number of rotatable bonds is 6. The Morgan fingerprint density at radius 1 is 1.46 bits per heavy atom. The zero-order valence-corrected chi connectivity index (χ0v) is 9.46. The zero-order chi connectivity index (χ0) is 9.52. The molecule has 0 saturated heterocycles. The van der Waals surface area contributed by atoms with Crippen molar-refractivity contribution in [2.24, 2.45) is 0 Å². The number of aryl methyl sites for hydroxylation is 1. The van der Waals surface area contributed by atoms with Gasteiger partial charge in [0.05, 0.1) is 0 Å². The van der Waals surface area contributed by atoms with Crippen LogP contribution in [0.15, 0.2) is 9.72 Å². The van der Waals surface area contributed by atoms with Crippen molar-refractivity contribution >= 4 is 23.1 Å². The maximum absolute atomic E-state index is 8.57. The molecular weight excluding hydrogens is 202 g/mol. The van der Waals surface area contributed by atoms with Gasteiger partial charge in [-0.15, -0.1) is 11.3 Å². The molecule has 0 aliphatic carbocycles. The van der Waals surface area contributed by atoms with Crippen LogP contribution in [0, 0.1) is 6.92 Å². The smallest absolute Gasteiger partial charge is 0.150 e. The lowest BCUT2D eigenvalue weighted by atomic mass is 10.3. The minimum atomic E-state index is 0.320. The lowest BCUT2D eigenvalue weighted by molar-refractivity contribution is 0.284. The Morgan fingerprint density at radius 3 is 2.92 bits per heavy atom. The van der Waals surface area contributed by atoms with Crippen LogP contribution in [0.4, 0.5) is 0 Å². The van der Waals surface area contributed by atoms with Crippen LogP contribution in [0.3, 0.4) is 0 Å². The highest BCUT2D eigenvalue weighted by atomic mass is 32.2. The van der Waals surface area contributed by atoms with Gasteiger partial charge in [0.25, 0.3) is 0 Å². The van der Waals surface area contributed by atoms with Gasteiger partial charge in [-0.3, -0.25) is 0 Å². The number of nitrogens with zero attached hydrogens (tertiary/aromatic N) is 1. The summed E-state index contributed by atoms with van der Waals surface area (Å²) in [6, 6.07) is 0. The number of thioether (sulfide) groups is 1. The van der Waals surface area contributed by atoms with Crippen LogP contribution in [-0.2, 0) is 0 Å². The molecule has 0 radical (unpaired) electrons. The van der Waals surface area contributed by atoms with Crippen LogP contribution >= 0.6 is 23.1 Å². The van der Waals surface area contributed by atoms with Crippen molar-refractivity contribution in [1.82, 2.24) is 4.98 Å². The highest BCUT2D eigenvalue weighted by molar-refractivity contribution is 8.00. The number of aromatic nitrogens is 1. The van der Waals surface area contributed by atoms with Gasteiger partial charge in [-0.2, -0.15) is 0 Å². The minimum Gasteiger partial charge on any atom is -0.396 e. The van der Waals surface area contributed by atoms with Gasteiger partial charge in [0, 0.05) is 23.4 Å². The number of unbranched alkanes of at least 4 members (excludes halogenated alkanes) is 2. The maximum Gasteiger partial charge on any atom is 0.150 e. The highest BCUT2D eigenvalue weighted by Gasteiger charge is 1.98. The average Bonchev–Trinajstić information content (AvgIpc) is 2.51. The molecule has 0 amide bonds. The monoisotopic (exact) mass is 217 g/mol. The molecule has 1 heterocycles. The molecule has 1 N–H and O–H groups in total. The number of aliphatic hydroxyl groups excluding tert-OH is 1. The summed E-state index contributed by atoms with van der Waals surface area (Å²) >= 11 is 3.53. The Labute approximate surface area is 87.4 Å². The standard InChI is InChI=1S/C9H15NOS2/c1-8-7-13-9(10-8)12-6-4-2-3-5-11/h7,11H,2-6H2,1H3. The zero-order valence-electron chi connectivity index (χ0n) is 7.82. The van der Waals surface area contributed by atoms with E-state index in [0.29, 0.717) is 6.61 Å². The molecule has 74 valence electrons. The fourth-order valence-electron chi connectivity index (χ4n) is 0.949. The number of hydrogen-bond acceptors (Lipinski definition) is 4. The van der Waals surface area contributed by atoms with E-state index in [-0.39, 0.29) is 0 Å². The first-order valence-corrected chi connectivity index (χ1v) is 6.35. The van der Waals surface area contributed by atoms with E-state index in [9.17, 15) is 0 Å². The molecular formula is C9H15NOS2. The van der Waals surface area contributed by atoms with Crippen LogP contribution in [-0.4, -0.2) is 22.5 Å². The van der Waals surface area contributed by atoms with E-state index >= 15 is 0 Å². The summed E-state index contributed by atoms with van der Waals surface area (Å²) in [7, 11) is 0. The molecule has 4 heteroatoms. The van der Waals surface area contributed by atoms with Gasteiger partial charge in [0.2, 0.25) is 0 Å². The fraction of sp³-hybridized carbons (Fsp3) is 0.667. The highest BCUT2D eigenvalue weighted by Crippen LogP contribution is 2.23. The molecule has 1 aromatic heterocycles. The first-order valence-electron chi connectivity index (χ1n) is 4.48. The molecule has 0 bridgehead atoms. The Morgan fingerprint density at radius 2 is 2.31 bits per heavy atom. The second-order valence-corrected chi connectivity index (χ2v) is 5.09. The molecule has 0 aromatic carbocycles. The normalized spacial score (nSPS) is 10.6. The summed E-state index contributed by atoms with van der Waals surface area (Å²) in [4.78, 5) is 4.36. The van der Waals surface area contributed by atoms with Crippen molar-refractivity contribution < 1.29 is 5.11 Å². The third kappa shape index (κ3) is 4.64. The van der Waals surface area contributed by atoms with E-state index in [1.807, 2.05) is 18.7 Å². The lowest BCUT2D eigenvalue weighted by Crippen LogP contribution is -1.85. The summed E-state index contributed by atoms with van der Waals surface area (Å²) in [5, 5.41) is 10.6. The third-order valence-electron chi connectivity index (χ3n) is 1.63. The van der Waals surface area contributed by atoms with Crippen molar-refractivity contribution in [3.05, 3.63) is 11.1 Å². The first kappa shape index (κ1) is 11.0. The SMILES string of the molecule is Cc1csc(SCCCCCO)n1. The van der Waals surface area contributed by atoms with E-state index in [4.69, 9.17) is 5.11 Å². The summed E-state index contributed by atoms with van der Waals surface area (Å²) in [5.41, 5.74) is 1.11. The average molecular weight is 217 g/mol. The van der Waals surface area contributed by atoms with Gasteiger partial charge in [0.15, 0.2) is 0 Å². The molecule has 0 spiro atoms. The number of thiazole rings is 1. The van der Waals surface area contributed by atoms with Gasteiger partial charge in [-0.1, -0.05) is 18.2 Å². The predicted octanol–water partition coefficient (Wildman–Crippen LogP) is 2.71. The second kappa shape index (κ2) is 6.40. The van der Waals surface area contributed by atoms with E-state index in [2.05, 4.69) is 10.4 Å². The van der Waals surface area contributed by atoms with E-state index in [1.54, 1.807) is 11.3 Å². The molecule has 0 fully saturated rings. The molecule has 0 aliphatic rings. The molecule has 0 unspecified atom stereocenters. The van der Waals surface area contributed by atoms with Gasteiger partial charge >= 0.3 is 0 Å². The predicted molar refractivity (Wildman–Crippen MR) is 58.5 cm³/mol. The van der Waals surface area contributed by atoms with E-state index < -0.39 is 0 Å². The van der Waals surface area contributed by atoms with Crippen molar-refractivity contribution in [3.8, 4) is 0 Å². The van der Waals surface area contributed by atoms with Gasteiger partial charge in [-0.05, 0) is 19.8 Å². The maximum atomic E-state index is 8.57. The second-order valence-electron chi connectivity index (χ2n) is 2.89. The van der Waals surface area contributed by atoms with Crippen LogP contribution < -0.4 is 0 Å². The first-order chi connectivity index (χ1) is 6.33. The molecule has 13 heavy (non-hydrogen) atoms. The van der Waals surface area contributed by atoms with Gasteiger partial charge in [0.1, 0.15) is 4.34 Å². The minimum absolute atomic E-state index is 0.320. The Bertz CT molecular complexity index is 237. The quantitative estimate of drug-likeness (QED) is 0.587. The molecule has 1 aromatic rings. The van der Waals surface area contributed by atoms with Gasteiger partial charge in [-0.25, -0.2) is 4.98 Å². The van der Waals surface area contributed by atoms with Crippen LogP contribution in [0.25, 0.3) is 0 Å². The Balaban J connectivity index is 2.06. The fourth-order valence-corrected chi connectivity index (χ4v) is 2.87. The largest absolute Gasteiger partial charge is 0.396 e. The van der Waals surface area contributed by atoms with Crippen molar-refractivity contribution in [2.75, 3.05) is 12.4 Å². The molecule has 0 saturated carbocycles. The van der Waals surface area contributed by atoms with Crippen LogP contribution in [0.1, 0.15) is 25.0 Å². The summed E-state index contributed by atoms with van der Waals surface area (Å²) < 4.78 is 1.17. The molecule has 0 aliphatic heterocycles. The van der Waals surface area contributed by atoms with E-state index in [0.717, 1.165) is 24.3 Å². The molecule has 0 atom stereocenters. The van der Waals surface area contributed by atoms with Crippen molar-refractivity contribution in [1.29, 1.82) is 0 Å². The van der Waals surface area contributed by atoms with E-state index in [1.165, 1.54) is 10.8 Å². The van der Waals surface area contributed by atoms with Gasteiger partial charge < -0.3 is 5.11 Å². The Kier molecular flexibility index (Phi) is 5.43. The molecule has 2 nitrogen and oxygen atoms in total. The summed E-state index contributed by atoms with van der Waals surface area (Å²) in [5.74, 6) is 1.12. The Hall–Kier alpha value is -0.0600. The number of aliphatic hydroxyl groups is 1. The number of hydrogen-bond donors (Lipinski definition) is 1. The van der Waals surface area contributed by atoms with Crippen LogP contribution in [0.2, 0.25) is 0 Å². The summed E-state index contributed by atoms with van der Waals surface area (Å²) in [6.45, 7) is 2.34. The van der Waals surface area contributed by atoms with Crippen LogP contribution in [0.5, 0.6) is 0 Å². The molecule has 1 rings (SSSR count). The lowest BCUT2D eigenvalue weighted by Gasteiger charge is -1.96. The summed E-state index contributed by atoms with van der Waals surface area (Å²) in [6.07, 6.45) is 3.22. The van der Waals surface area contributed by atoms with Crippen molar-refractivity contribution in [2.45, 2.75) is 30.5 Å².